The maximum absolute atomic E-state index is 11.5. The number of hydrogen-bond donors (Lipinski definition) is 2. The van der Waals surface area contributed by atoms with E-state index in [2.05, 4.69) is 13.8 Å². The van der Waals surface area contributed by atoms with E-state index in [1.165, 1.54) is 38.5 Å². The molecule has 0 fully saturated rings. The highest BCUT2D eigenvalue weighted by Gasteiger charge is 2.21. The second kappa shape index (κ2) is 17.0. The van der Waals surface area contributed by atoms with E-state index in [9.17, 15) is 18.1 Å². The lowest BCUT2D eigenvalue weighted by molar-refractivity contribution is 0.147. The molecule has 0 aliphatic carbocycles. The number of hydrogen-bond acceptors (Lipinski definition) is 3. The Morgan fingerprint density at radius 2 is 0.962 bits per heavy atom. The largest absolute Gasteiger partial charge is 0.393 e. The molecule has 0 saturated carbocycles. The Labute approximate surface area is 162 Å². The Bertz CT molecular complexity index is 395. The normalized spacial score (nSPS) is 14.5. The molecule has 0 aliphatic heterocycles. The van der Waals surface area contributed by atoms with Crippen molar-refractivity contribution in [3.8, 4) is 0 Å². The maximum Gasteiger partial charge on any atom is 0.267 e. The maximum atomic E-state index is 11.5. The van der Waals surface area contributed by atoms with Crippen LogP contribution >= 0.6 is 0 Å². The Morgan fingerprint density at radius 1 is 0.615 bits per heavy atom. The molecule has 0 aromatic heterocycles. The smallest absolute Gasteiger partial charge is 0.267 e. The van der Waals surface area contributed by atoms with Crippen LogP contribution in [0.4, 0.5) is 0 Å². The molecule has 2 atom stereocenters. The molecular formula is C21H44O4S. The number of rotatable bonds is 19. The second-order valence-corrected chi connectivity index (χ2v) is 9.53. The highest BCUT2D eigenvalue weighted by molar-refractivity contribution is 7.86. The molecule has 0 heterocycles. The molecule has 0 aromatic carbocycles. The summed E-state index contributed by atoms with van der Waals surface area (Å²) >= 11 is 0. The van der Waals surface area contributed by atoms with Crippen LogP contribution < -0.4 is 0 Å². The molecule has 0 aromatic rings. The number of aliphatic hydroxyl groups is 1. The average molecular weight is 393 g/mol. The van der Waals surface area contributed by atoms with Gasteiger partial charge >= 0.3 is 0 Å². The van der Waals surface area contributed by atoms with Gasteiger partial charge in [0.25, 0.3) is 10.1 Å². The summed E-state index contributed by atoms with van der Waals surface area (Å²) in [5.41, 5.74) is 0. The molecule has 0 amide bonds. The minimum Gasteiger partial charge on any atom is -0.393 e. The third-order valence-corrected chi connectivity index (χ3v) is 6.57. The van der Waals surface area contributed by atoms with Gasteiger partial charge in [0.05, 0.1) is 11.4 Å². The highest BCUT2D eigenvalue weighted by Crippen LogP contribution is 2.19. The lowest BCUT2D eigenvalue weighted by Crippen LogP contribution is -2.20. The van der Waals surface area contributed by atoms with Gasteiger partial charge in [-0.3, -0.25) is 4.55 Å². The average Bonchev–Trinajstić information content (AvgIpc) is 2.58. The van der Waals surface area contributed by atoms with E-state index in [1.54, 1.807) is 0 Å². The van der Waals surface area contributed by atoms with Crippen molar-refractivity contribution < 1.29 is 18.1 Å². The molecule has 0 rings (SSSR count). The van der Waals surface area contributed by atoms with Gasteiger partial charge < -0.3 is 5.11 Å². The molecule has 5 heteroatoms. The van der Waals surface area contributed by atoms with Gasteiger partial charge in [0, 0.05) is 0 Å². The topological polar surface area (TPSA) is 74.6 Å². The van der Waals surface area contributed by atoms with Gasteiger partial charge in [-0.1, -0.05) is 97.3 Å². The molecular weight excluding hydrogens is 348 g/mol. The van der Waals surface area contributed by atoms with E-state index >= 15 is 0 Å². The molecule has 0 bridgehead atoms. The first-order valence-corrected chi connectivity index (χ1v) is 12.6. The second-order valence-electron chi connectivity index (χ2n) is 7.83. The highest BCUT2D eigenvalue weighted by atomic mass is 32.2. The molecule has 158 valence electrons. The summed E-state index contributed by atoms with van der Waals surface area (Å²) in [5.74, 6) is 0. The minimum atomic E-state index is -3.93. The van der Waals surface area contributed by atoms with Crippen LogP contribution in [-0.4, -0.2) is 29.4 Å². The molecule has 0 aliphatic rings. The Kier molecular flexibility index (Phi) is 16.9. The van der Waals surface area contributed by atoms with Gasteiger partial charge in [-0.25, -0.2) is 0 Å². The zero-order valence-electron chi connectivity index (χ0n) is 17.3. The minimum absolute atomic E-state index is 0.215. The predicted molar refractivity (Wildman–Crippen MR) is 111 cm³/mol. The van der Waals surface area contributed by atoms with Crippen LogP contribution in [0.1, 0.15) is 123 Å². The van der Waals surface area contributed by atoms with E-state index in [4.69, 9.17) is 0 Å². The zero-order chi connectivity index (χ0) is 19.7. The SMILES string of the molecule is CCCCCCCC(O)CCCCCC(CCCCCCC)S(=O)(=O)O. The van der Waals surface area contributed by atoms with Gasteiger partial charge in [-0.2, -0.15) is 8.42 Å². The number of aliphatic hydroxyl groups excluding tert-OH is 1. The zero-order valence-corrected chi connectivity index (χ0v) is 18.1. The van der Waals surface area contributed by atoms with Crippen LogP contribution in [0, 0.1) is 0 Å². The van der Waals surface area contributed by atoms with Crippen LogP contribution in [0.25, 0.3) is 0 Å². The standard InChI is InChI=1S/C21H44O4S/c1-3-5-7-9-12-16-20(22)17-13-11-15-19-21(26(23,24)25)18-14-10-8-6-4-2/h20-22H,3-19H2,1-2H3,(H,23,24,25). The van der Waals surface area contributed by atoms with Gasteiger partial charge in [-0.15, -0.1) is 0 Å². The summed E-state index contributed by atoms with van der Waals surface area (Å²) in [6.07, 6.45) is 16.8. The third-order valence-electron chi connectivity index (χ3n) is 5.26. The third kappa shape index (κ3) is 16.1. The summed E-state index contributed by atoms with van der Waals surface area (Å²) in [6.45, 7) is 4.36. The first-order valence-electron chi connectivity index (χ1n) is 11.1. The lowest BCUT2D eigenvalue weighted by atomic mass is 10.0. The van der Waals surface area contributed by atoms with Crippen molar-refractivity contribution in [2.75, 3.05) is 0 Å². The van der Waals surface area contributed by atoms with Gasteiger partial charge in [0.15, 0.2) is 0 Å². The van der Waals surface area contributed by atoms with Crippen LogP contribution in [0.2, 0.25) is 0 Å². The van der Waals surface area contributed by atoms with Crippen LogP contribution in [0.15, 0.2) is 0 Å². The van der Waals surface area contributed by atoms with E-state index in [0.717, 1.165) is 57.8 Å². The lowest BCUT2D eigenvalue weighted by Gasteiger charge is -2.14. The number of unbranched alkanes of at least 4 members (excludes halogenated alkanes) is 10. The fourth-order valence-electron chi connectivity index (χ4n) is 3.47. The van der Waals surface area contributed by atoms with Gasteiger partial charge in [-0.05, 0) is 25.7 Å². The molecule has 0 radical (unpaired) electrons. The van der Waals surface area contributed by atoms with E-state index in [0.29, 0.717) is 12.8 Å². The Hall–Kier alpha value is -0.130. The summed E-state index contributed by atoms with van der Waals surface area (Å²) < 4.78 is 32.5. The Balaban J connectivity index is 3.77. The molecule has 26 heavy (non-hydrogen) atoms. The Morgan fingerprint density at radius 3 is 1.35 bits per heavy atom. The first kappa shape index (κ1) is 25.9. The monoisotopic (exact) mass is 392 g/mol. The summed E-state index contributed by atoms with van der Waals surface area (Å²) in [5, 5.41) is 9.39. The first-order chi connectivity index (χ1) is 12.4. The van der Waals surface area contributed by atoms with E-state index in [-0.39, 0.29) is 6.10 Å². The molecule has 0 saturated heterocycles. The fraction of sp³-hybridized carbons (Fsp3) is 1.00. The van der Waals surface area contributed by atoms with E-state index < -0.39 is 15.4 Å². The quantitative estimate of drug-likeness (QED) is 0.200. The summed E-state index contributed by atoms with van der Waals surface area (Å²) in [4.78, 5) is 0. The van der Waals surface area contributed by atoms with Crippen molar-refractivity contribution in [3.05, 3.63) is 0 Å². The van der Waals surface area contributed by atoms with Gasteiger partial charge in [0.1, 0.15) is 0 Å². The summed E-state index contributed by atoms with van der Waals surface area (Å²) in [6, 6.07) is 0. The van der Waals surface area contributed by atoms with Crippen molar-refractivity contribution in [2.45, 2.75) is 134 Å². The van der Waals surface area contributed by atoms with Crippen molar-refractivity contribution in [3.63, 3.8) is 0 Å². The molecule has 2 unspecified atom stereocenters. The molecule has 2 N–H and O–H groups in total. The van der Waals surface area contributed by atoms with E-state index in [1.807, 2.05) is 0 Å². The van der Waals surface area contributed by atoms with Crippen LogP contribution in [0.5, 0.6) is 0 Å². The van der Waals surface area contributed by atoms with Crippen molar-refractivity contribution in [1.82, 2.24) is 0 Å². The molecule has 4 nitrogen and oxygen atoms in total. The van der Waals surface area contributed by atoms with Crippen LogP contribution in [0.3, 0.4) is 0 Å². The summed E-state index contributed by atoms with van der Waals surface area (Å²) in [7, 11) is -3.93. The van der Waals surface area contributed by atoms with Crippen molar-refractivity contribution >= 4 is 10.1 Å². The van der Waals surface area contributed by atoms with Crippen molar-refractivity contribution in [1.29, 1.82) is 0 Å². The van der Waals surface area contributed by atoms with Gasteiger partial charge in [0.2, 0.25) is 0 Å². The van der Waals surface area contributed by atoms with Crippen molar-refractivity contribution in [2.24, 2.45) is 0 Å². The van der Waals surface area contributed by atoms with Crippen LogP contribution in [-0.2, 0) is 10.1 Å². The molecule has 0 spiro atoms. The predicted octanol–water partition coefficient (Wildman–Crippen LogP) is 6.28. The fourth-order valence-corrected chi connectivity index (χ4v) is 4.40.